The predicted octanol–water partition coefficient (Wildman–Crippen LogP) is 1.03. The van der Waals surface area contributed by atoms with Gasteiger partial charge in [0.2, 0.25) is 15.9 Å². The van der Waals surface area contributed by atoms with Crippen molar-refractivity contribution in [3.8, 4) is 0 Å². The third-order valence-corrected chi connectivity index (χ3v) is 7.39. The average molecular weight is 384 g/mol. The van der Waals surface area contributed by atoms with Gasteiger partial charge in [-0.15, -0.1) is 0 Å². The first-order valence-electron chi connectivity index (χ1n) is 9.41. The number of aromatic nitrogens is 2. The zero-order valence-electron chi connectivity index (χ0n) is 15.6. The molecule has 3 rings (SSSR count). The molecule has 0 unspecified atom stereocenters. The largest absolute Gasteiger partial charge is 0.354 e. The summed E-state index contributed by atoms with van der Waals surface area (Å²) in [5.41, 5.74) is -0.781. The van der Waals surface area contributed by atoms with Crippen LogP contribution in [0.4, 0.5) is 5.82 Å². The van der Waals surface area contributed by atoms with Gasteiger partial charge in [-0.05, 0) is 32.1 Å². The third-order valence-electron chi connectivity index (χ3n) is 5.32. The number of piperidine rings is 1. The number of carbonyl (C=O) groups excluding carboxylic acids is 1. The third kappa shape index (κ3) is 3.88. The molecule has 0 atom stereocenters. The van der Waals surface area contributed by atoms with Gasteiger partial charge in [0.05, 0.1) is 5.75 Å². The van der Waals surface area contributed by atoms with E-state index < -0.39 is 15.6 Å². The molecule has 9 heteroatoms. The number of carbonyl (C=O) groups is 1. The summed E-state index contributed by atoms with van der Waals surface area (Å²) in [6, 6.07) is 1.85. The zero-order valence-corrected chi connectivity index (χ0v) is 16.5. The normalized spacial score (nSPS) is 21.1. The van der Waals surface area contributed by atoms with Crippen molar-refractivity contribution in [2.75, 3.05) is 37.2 Å². The number of aryl methyl sites for hydroxylation is 1. The molecule has 1 amide bonds. The second-order valence-corrected chi connectivity index (χ2v) is 9.38. The summed E-state index contributed by atoms with van der Waals surface area (Å²) in [4.78, 5) is 15.2. The van der Waals surface area contributed by atoms with E-state index in [-0.39, 0.29) is 11.7 Å². The highest BCUT2D eigenvalue weighted by atomic mass is 32.2. The molecule has 146 valence electrons. The maximum atomic E-state index is 13.3. The first kappa shape index (κ1) is 19.2. The lowest BCUT2D eigenvalue weighted by molar-refractivity contribution is -0.136. The summed E-state index contributed by atoms with van der Waals surface area (Å²) in [7, 11) is -1.40. The summed E-state index contributed by atoms with van der Waals surface area (Å²) >= 11 is 0. The lowest BCUT2D eigenvalue weighted by atomic mass is 9.86. The molecular weight excluding hydrogens is 354 g/mol. The van der Waals surface area contributed by atoms with Crippen molar-refractivity contribution in [2.45, 2.75) is 44.6 Å². The van der Waals surface area contributed by atoms with Crippen LogP contribution in [0.2, 0.25) is 0 Å². The summed E-state index contributed by atoms with van der Waals surface area (Å²) in [5.74, 6) is 0.895. The Morgan fingerprint density at radius 2 is 1.88 bits per heavy atom. The van der Waals surface area contributed by atoms with Crippen LogP contribution in [0.3, 0.4) is 0 Å². The SMILES string of the molecule is CCCS(=O)(=O)N1CCC(Nc2ccn(C)n2)(C(=O)N2CCCC2)CC1. The predicted molar refractivity (Wildman–Crippen MR) is 100 cm³/mol. The molecule has 0 spiro atoms. The molecule has 0 saturated carbocycles. The first-order chi connectivity index (χ1) is 12.4. The maximum Gasteiger partial charge on any atom is 0.248 e. The monoisotopic (exact) mass is 383 g/mol. The second kappa shape index (κ2) is 7.56. The van der Waals surface area contributed by atoms with Crippen molar-refractivity contribution in [1.29, 1.82) is 0 Å². The molecule has 0 bridgehead atoms. The van der Waals surface area contributed by atoms with E-state index in [0.29, 0.717) is 38.2 Å². The van der Waals surface area contributed by atoms with Crippen LogP contribution in [0.15, 0.2) is 12.3 Å². The lowest BCUT2D eigenvalue weighted by Gasteiger charge is -2.42. The average Bonchev–Trinajstić information content (AvgIpc) is 3.26. The van der Waals surface area contributed by atoms with E-state index in [0.717, 1.165) is 25.9 Å². The molecule has 0 aliphatic carbocycles. The molecule has 0 radical (unpaired) electrons. The van der Waals surface area contributed by atoms with E-state index in [4.69, 9.17) is 0 Å². The number of anilines is 1. The standard InChI is InChI=1S/C17H29N5O3S/c1-3-14-26(24,25)22-12-7-17(8-13-22,16(23)21-9-4-5-10-21)18-15-6-11-20(2)19-15/h6,11H,3-5,7-10,12-14H2,1-2H3,(H,18,19). The Hall–Kier alpha value is -1.61. The van der Waals surface area contributed by atoms with E-state index in [1.165, 1.54) is 4.31 Å². The number of rotatable bonds is 6. The molecule has 1 aromatic rings. The van der Waals surface area contributed by atoms with E-state index in [2.05, 4.69) is 10.4 Å². The molecule has 1 N–H and O–H groups in total. The van der Waals surface area contributed by atoms with Crippen molar-refractivity contribution in [3.63, 3.8) is 0 Å². The van der Waals surface area contributed by atoms with Gasteiger partial charge < -0.3 is 10.2 Å². The number of nitrogens with zero attached hydrogens (tertiary/aromatic N) is 4. The first-order valence-corrected chi connectivity index (χ1v) is 11.0. The number of hydrogen-bond donors (Lipinski definition) is 1. The Balaban J connectivity index is 1.80. The van der Waals surface area contributed by atoms with Gasteiger partial charge in [0.1, 0.15) is 11.4 Å². The Morgan fingerprint density at radius 1 is 1.23 bits per heavy atom. The molecule has 2 aliphatic rings. The van der Waals surface area contributed by atoms with Gasteiger partial charge in [0.15, 0.2) is 0 Å². The highest BCUT2D eigenvalue weighted by Gasteiger charge is 2.46. The van der Waals surface area contributed by atoms with Gasteiger partial charge in [-0.1, -0.05) is 6.92 Å². The van der Waals surface area contributed by atoms with Crippen molar-refractivity contribution in [1.82, 2.24) is 19.0 Å². The minimum Gasteiger partial charge on any atom is -0.354 e. The van der Waals surface area contributed by atoms with Gasteiger partial charge >= 0.3 is 0 Å². The molecule has 8 nitrogen and oxygen atoms in total. The van der Waals surface area contributed by atoms with Crippen LogP contribution in [0.25, 0.3) is 0 Å². The molecule has 3 heterocycles. The fraction of sp³-hybridized carbons (Fsp3) is 0.765. The number of nitrogens with one attached hydrogen (secondary N) is 1. The van der Waals surface area contributed by atoms with Crippen LogP contribution in [0, 0.1) is 0 Å². The van der Waals surface area contributed by atoms with Crippen LogP contribution < -0.4 is 5.32 Å². The van der Waals surface area contributed by atoms with Crippen LogP contribution >= 0.6 is 0 Å². The van der Waals surface area contributed by atoms with Gasteiger partial charge in [0.25, 0.3) is 0 Å². The number of sulfonamides is 1. The summed E-state index contributed by atoms with van der Waals surface area (Å²) in [6.07, 6.45) is 5.41. The van der Waals surface area contributed by atoms with Gasteiger partial charge in [-0.2, -0.15) is 5.10 Å². The quantitative estimate of drug-likeness (QED) is 0.793. The number of hydrogen-bond acceptors (Lipinski definition) is 5. The molecule has 0 aromatic carbocycles. The van der Waals surface area contributed by atoms with E-state index in [1.807, 2.05) is 31.1 Å². The highest BCUT2D eigenvalue weighted by molar-refractivity contribution is 7.89. The van der Waals surface area contributed by atoms with Crippen molar-refractivity contribution >= 4 is 21.7 Å². The van der Waals surface area contributed by atoms with Gasteiger partial charge in [-0.3, -0.25) is 9.48 Å². The minimum absolute atomic E-state index is 0.0770. The van der Waals surface area contributed by atoms with E-state index in [1.54, 1.807) is 4.68 Å². The smallest absolute Gasteiger partial charge is 0.248 e. The molecule has 26 heavy (non-hydrogen) atoms. The maximum absolute atomic E-state index is 13.3. The van der Waals surface area contributed by atoms with E-state index >= 15 is 0 Å². The molecule has 2 aliphatic heterocycles. The Kier molecular flexibility index (Phi) is 5.57. The number of amides is 1. The Bertz CT molecular complexity index is 731. The lowest BCUT2D eigenvalue weighted by Crippen LogP contribution is -2.59. The molecule has 2 saturated heterocycles. The van der Waals surface area contributed by atoms with Crippen LogP contribution in [0.1, 0.15) is 39.0 Å². The molecular formula is C17H29N5O3S. The highest BCUT2D eigenvalue weighted by Crippen LogP contribution is 2.31. The summed E-state index contributed by atoms with van der Waals surface area (Å²) in [6.45, 7) is 4.15. The fourth-order valence-corrected chi connectivity index (χ4v) is 5.39. The van der Waals surface area contributed by atoms with Gasteiger partial charge in [-0.25, -0.2) is 12.7 Å². The summed E-state index contributed by atoms with van der Waals surface area (Å²) in [5, 5.41) is 7.71. The van der Waals surface area contributed by atoms with Gasteiger partial charge in [0, 0.05) is 45.5 Å². The van der Waals surface area contributed by atoms with E-state index in [9.17, 15) is 13.2 Å². The van der Waals surface area contributed by atoms with Crippen molar-refractivity contribution < 1.29 is 13.2 Å². The van der Waals surface area contributed by atoms with Crippen molar-refractivity contribution in [2.24, 2.45) is 7.05 Å². The Labute approximate surface area is 155 Å². The van der Waals surface area contributed by atoms with Crippen LogP contribution in [-0.4, -0.2) is 70.8 Å². The van der Waals surface area contributed by atoms with Crippen LogP contribution in [0.5, 0.6) is 0 Å². The zero-order chi connectivity index (χ0) is 18.8. The second-order valence-electron chi connectivity index (χ2n) is 7.30. The van der Waals surface area contributed by atoms with Crippen LogP contribution in [-0.2, 0) is 21.9 Å². The fourth-order valence-electron chi connectivity index (χ4n) is 3.88. The minimum atomic E-state index is -3.24. The number of likely N-dealkylation sites (tertiary alicyclic amines) is 1. The summed E-state index contributed by atoms with van der Waals surface area (Å²) < 4.78 is 28.0. The molecule has 2 fully saturated rings. The topological polar surface area (TPSA) is 87.5 Å². The Morgan fingerprint density at radius 3 is 2.42 bits per heavy atom. The van der Waals surface area contributed by atoms with Crippen molar-refractivity contribution in [3.05, 3.63) is 12.3 Å². The molecule has 1 aromatic heterocycles.